The fraction of sp³-hybridized carbons (Fsp3) is 0.682. The first kappa shape index (κ1) is 21.9. The largest absolute Gasteiger partial charge is 0.497 e. The Labute approximate surface area is 171 Å². The van der Waals surface area contributed by atoms with E-state index in [4.69, 9.17) is 4.74 Å². The predicted molar refractivity (Wildman–Crippen MR) is 120 cm³/mol. The number of benzene rings is 1. The van der Waals surface area contributed by atoms with Gasteiger partial charge in [-0.05, 0) is 18.6 Å². The van der Waals surface area contributed by atoms with Crippen LogP contribution in [0, 0.1) is 0 Å². The van der Waals surface area contributed by atoms with Crippen LogP contribution < -0.4 is 15.1 Å². The second-order valence-corrected chi connectivity index (χ2v) is 7.88. The van der Waals surface area contributed by atoms with Crippen LogP contribution >= 0.6 is 12.6 Å². The van der Waals surface area contributed by atoms with Gasteiger partial charge in [-0.2, -0.15) is 5.10 Å². The SMILES string of the molecule is CCCCCCCCCCCCCC1=NNC(S)N1c1cccc(OC)c1. The van der Waals surface area contributed by atoms with Crippen molar-refractivity contribution >= 4 is 24.2 Å². The molecule has 0 aromatic heterocycles. The molecule has 5 heteroatoms. The number of unbranched alkanes of at least 4 members (excludes halogenated alkanes) is 10. The number of thiol groups is 1. The van der Waals surface area contributed by atoms with Crippen molar-refractivity contribution in [2.75, 3.05) is 12.0 Å². The molecule has 152 valence electrons. The van der Waals surface area contributed by atoms with Gasteiger partial charge < -0.3 is 4.74 Å². The third-order valence-corrected chi connectivity index (χ3v) is 5.51. The Bertz CT molecular complexity index is 564. The molecule has 1 aliphatic rings. The first-order chi connectivity index (χ1) is 13.3. The quantitative estimate of drug-likeness (QED) is 0.287. The van der Waals surface area contributed by atoms with Crippen LogP contribution in [0.1, 0.15) is 84.0 Å². The summed E-state index contributed by atoms with van der Waals surface area (Å²) in [6, 6.07) is 8.08. The molecule has 0 bridgehead atoms. The number of nitrogens with one attached hydrogen (secondary N) is 1. The van der Waals surface area contributed by atoms with Crippen LogP contribution in [0.3, 0.4) is 0 Å². The number of methoxy groups -OCH3 is 1. The summed E-state index contributed by atoms with van der Waals surface area (Å²) in [6.07, 6.45) is 15.9. The maximum absolute atomic E-state index is 5.35. The van der Waals surface area contributed by atoms with E-state index < -0.39 is 0 Å². The summed E-state index contributed by atoms with van der Waals surface area (Å²) in [4.78, 5) is 2.15. The molecular formula is C22H37N3OS. The highest BCUT2D eigenvalue weighted by molar-refractivity contribution is 7.81. The molecule has 4 nitrogen and oxygen atoms in total. The van der Waals surface area contributed by atoms with E-state index in [9.17, 15) is 0 Å². The molecule has 1 aromatic rings. The third-order valence-electron chi connectivity index (χ3n) is 5.17. The van der Waals surface area contributed by atoms with Crippen molar-refractivity contribution in [1.82, 2.24) is 5.43 Å². The standard InChI is InChI=1S/C22H37N3OS/c1-3-4-5-6-7-8-9-10-11-12-13-17-21-23-24-22(27)25(21)19-15-14-16-20(18-19)26-2/h14-16,18,22,24,27H,3-13,17H2,1-2H3. The average Bonchev–Trinajstić information content (AvgIpc) is 3.06. The minimum atomic E-state index is -0.111. The zero-order chi connectivity index (χ0) is 19.3. The van der Waals surface area contributed by atoms with Crippen LogP contribution in [-0.2, 0) is 0 Å². The van der Waals surface area contributed by atoms with Crippen molar-refractivity contribution in [3.8, 4) is 5.75 Å². The van der Waals surface area contributed by atoms with E-state index in [0.29, 0.717) is 0 Å². The number of hydrogen-bond acceptors (Lipinski definition) is 5. The summed E-state index contributed by atoms with van der Waals surface area (Å²) >= 11 is 4.61. The van der Waals surface area contributed by atoms with Gasteiger partial charge in [0.15, 0.2) is 5.50 Å². The molecule has 27 heavy (non-hydrogen) atoms. The van der Waals surface area contributed by atoms with Gasteiger partial charge in [-0.3, -0.25) is 10.3 Å². The Kier molecular flexibility index (Phi) is 10.5. The Hall–Kier alpha value is -1.36. The average molecular weight is 392 g/mol. The molecule has 0 amide bonds. The number of amidine groups is 1. The van der Waals surface area contributed by atoms with Gasteiger partial charge in [0.05, 0.1) is 7.11 Å². The third kappa shape index (κ3) is 7.65. The fourth-order valence-corrected chi connectivity index (χ4v) is 3.88. The van der Waals surface area contributed by atoms with Crippen LogP contribution in [-0.4, -0.2) is 18.4 Å². The maximum Gasteiger partial charge on any atom is 0.165 e. The molecular weight excluding hydrogens is 354 g/mol. The molecule has 1 N–H and O–H groups in total. The summed E-state index contributed by atoms with van der Waals surface area (Å²) in [5.41, 5.74) is 4.04. The number of hydrazone groups is 1. The second-order valence-electron chi connectivity index (χ2n) is 7.39. The van der Waals surface area contributed by atoms with Crippen LogP contribution in [0.2, 0.25) is 0 Å². The Morgan fingerprint density at radius 1 is 1.00 bits per heavy atom. The van der Waals surface area contributed by atoms with Gasteiger partial charge in [0.1, 0.15) is 11.6 Å². The first-order valence-electron chi connectivity index (χ1n) is 10.7. The van der Waals surface area contributed by atoms with E-state index in [1.54, 1.807) is 7.11 Å². The molecule has 0 saturated carbocycles. The van der Waals surface area contributed by atoms with Crippen molar-refractivity contribution in [3.63, 3.8) is 0 Å². The van der Waals surface area contributed by atoms with Crippen molar-refractivity contribution in [2.45, 2.75) is 89.5 Å². The Balaban J connectivity index is 1.62. The van der Waals surface area contributed by atoms with Crippen molar-refractivity contribution in [2.24, 2.45) is 5.10 Å². The van der Waals surface area contributed by atoms with Gasteiger partial charge in [-0.25, -0.2) is 0 Å². The molecule has 0 saturated heterocycles. The second kappa shape index (κ2) is 12.9. The molecule has 1 atom stereocenters. The van der Waals surface area contributed by atoms with E-state index in [2.05, 4.69) is 41.0 Å². The van der Waals surface area contributed by atoms with Crippen LogP contribution in [0.5, 0.6) is 5.75 Å². The summed E-state index contributed by atoms with van der Waals surface area (Å²) in [7, 11) is 1.69. The molecule has 1 unspecified atom stereocenters. The van der Waals surface area contributed by atoms with E-state index in [-0.39, 0.29) is 5.50 Å². The molecule has 0 fully saturated rings. The number of rotatable bonds is 14. The minimum Gasteiger partial charge on any atom is -0.497 e. The van der Waals surface area contributed by atoms with Crippen molar-refractivity contribution in [3.05, 3.63) is 24.3 Å². The van der Waals surface area contributed by atoms with Crippen molar-refractivity contribution < 1.29 is 4.74 Å². The molecule has 1 aromatic carbocycles. The lowest BCUT2D eigenvalue weighted by Crippen LogP contribution is -2.36. The summed E-state index contributed by atoms with van der Waals surface area (Å²) in [6.45, 7) is 2.28. The lowest BCUT2D eigenvalue weighted by molar-refractivity contribution is 0.415. The summed E-state index contributed by atoms with van der Waals surface area (Å²) < 4.78 is 5.35. The number of hydrogen-bond donors (Lipinski definition) is 2. The maximum atomic E-state index is 5.35. The molecule has 1 heterocycles. The van der Waals surface area contributed by atoms with E-state index in [1.165, 1.54) is 70.6 Å². The highest BCUT2D eigenvalue weighted by atomic mass is 32.1. The van der Waals surface area contributed by atoms with Gasteiger partial charge in [-0.15, -0.1) is 12.6 Å². The zero-order valence-corrected chi connectivity index (χ0v) is 18.0. The minimum absolute atomic E-state index is 0.111. The van der Waals surface area contributed by atoms with Crippen molar-refractivity contribution in [1.29, 1.82) is 0 Å². The molecule has 0 aliphatic carbocycles. The molecule has 0 radical (unpaired) electrons. The van der Waals surface area contributed by atoms with Gasteiger partial charge >= 0.3 is 0 Å². The predicted octanol–water partition coefficient (Wildman–Crippen LogP) is 6.33. The van der Waals surface area contributed by atoms with Gasteiger partial charge in [0, 0.05) is 18.2 Å². The van der Waals surface area contributed by atoms with E-state index in [0.717, 1.165) is 23.7 Å². The van der Waals surface area contributed by atoms with Crippen LogP contribution in [0.25, 0.3) is 0 Å². The summed E-state index contributed by atoms with van der Waals surface area (Å²) in [5.74, 6) is 1.92. The zero-order valence-electron chi connectivity index (χ0n) is 17.1. The molecule has 2 rings (SSSR count). The Morgan fingerprint density at radius 3 is 2.26 bits per heavy atom. The lowest BCUT2D eigenvalue weighted by atomic mass is 10.0. The van der Waals surface area contributed by atoms with Crippen LogP contribution in [0.15, 0.2) is 29.4 Å². The molecule has 0 spiro atoms. The number of nitrogens with zero attached hydrogens (tertiary/aromatic N) is 2. The fourth-order valence-electron chi connectivity index (χ4n) is 3.56. The van der Waals surface area contributed by atoms with Gasteiger partial charge in [0.25, 0.3) is 0 Å². The van der Waals surface area contributed by atoms with E-state index in [1.807, 2.05) is 18.2 Å². The Morgan fingerprint density at radius 2 is 1.63 bits per heavy atom. The normalized spacial score (nSPS) is 16.3. The van der Waals surface area contributed by atoms with Crippen LogP contribution in [0.4, 0.5) is 5.69 Å². The lowest BCUT2D eigenvalue weighted by Gasteiger charge is -2.24. The highest BCUT2D eigenvalue weighted by Gasteiger charge is 2.25. The van der Waals surface area contributed by atoms with Gasteiger partial charge in [-0.1, -0.05) is 77.2 Å². The smallest absolute Gasteiger partial charge is 0.165 e. The molecule has 1 aliphatic heterocycles. The number of ether oxygens (including phenoxy) is 1. The monoisotopic (exact) mass is 391 g/mol. The summed E-state index contributed by atoms with van der Waals surface area (Å²) in [5, 5.41) is 4.49. The highest BCUT2D eigenvalue weighted by Crippen LogP contribution is 2.27. The van der Waals surface area contributed by atoms with E-state index >= 15 is 0 Å². The number of anilines is 1. The van der Waals surface area contributed by atoms with Gasteiger partial charge in [0.2, 0.25) is 0 Å². The topological polar surface area (TPSA) is 36.9 Å². The first-order valence-corrected chi connectivity index (χ1v) is 11.2.